The number of nitrogens with zero attached hydrogens (tertiary/aromatic N) is 1. The van der Waals surface area contributed by atoms with Crippen molar-refractivity contribution in [3.8, 4) is 0 Å². The third-order valence-corrected chi connectivity index (χ3v) is 6.25. The van der Waals surface area contributed by atoms with E-state index in [0.29, 0.717) is 17.4 Å². The van der Waals surface area contributed by atoms with E-state index in [1.54, 1.807) is 0 Å². The number of amides is 1. The Kier molecular flexibility index (Phi) is 6.43. The van der Waals surface area contributed by atoms with Crippen LogP contribution in [0.3, 0.4) is 0 Å². The summed E-state index contributed by atoms with van der Waals surface area (Å²) in [5.74, 6) is 1.02. The molecular weight excluding hydrogens is 333 g/mol. The fourth-order valence-electron chi connectivity index (χ4n) is 2.08. The Balaban J connectivity index is 1.68. The van der Waals surface area contributed by atoms with Crippen molar-refractivity contribution in [2.45, 2.75) is 43.5 Å². The Labute approximate surface area is 135 Å². The summed E-state index contributed by atoms with van der Waals surface area (Å²) in [5, 5.41) is 3.27. The quantitative estimate of drug-likeness (QED) is 0.594. The number of hydrogen-bond acceptors (Lipinski definition) is 4. The third-order valence-electron chi connectivity index (χ3n) is 3.24. The van der Waals surface area contributed by atoms with E-state index in [4.69, 9.17) is 0 Å². The molecule has 0 bridgehead atoms. The van der Waals surface area contributed by atoms with Gasteiger partial charge in [-0.05, 0) is 31.4 Å². The molecule has 3 nitrogen and oxygen atoms in total. The summed E-state index contributed by atoms with van der Waals surface area (Å²) in [7, 11) is 3.82. The third kappa shape index (κ3) is 5.72. The van der Waals surface area contributed by atoms with Crippen LogP contribution in [-0.2, 0) is 11.0 Å². The fraction of sp³-hybridized carbons (Fsp3) is 0.571. The lowest BCUT2D eigenvalue weighted by atomic mass is 10.1. The lowest BCUT2D eigenvalue weighted by Crippen LogP contribution is -2.13. The molecule has 0 spiro atoms. The van der Waals surface area contributed by atoms with Gasteiger partial charge in [0.05, 0.1) is 11.9 Å². The number of carbonyl (C=O) groups is 1. The second-order valence-corrected chi connectivity index (χ2v) is 7.84. The first kappa shape index (κ1) is 17.5. The normalized spacial score (nSPS) is 18.4. The fourth-order valence-corrected chi connectivity index (χ4v) is 5.11. The topological polar surface area (TPSA) is 42.0 Å². The molecule has 2 heterocycles. The number of hydrogen-bond donors (Lipinski definition) is 1. The maximum Gasteiger partial charge on any atom is 0.433 e. The van der Waals surface area contributed by atoms with Crippen LogP contribution in [-0.4, -0.2) is 21.9 Å². The molecule has 1 aliphatic heterocycles. The smallest absolute Gasteiger partial charge is 0.325 e. The number of aromatic nitrogens is 1. The van der Waals surface area contributed by atoms with E-state index in [2.05, 4.69) is 10.3 Å². The van der Waals surface area contributed by atoms with Crippen LogP contribution in [0.1, 0.15) is 37.8 Å². The molecule has 1 saturated heterocycles. The van der Waals surface area contributed by atoms with Gasteiger partial charge in [-0.2, -0.15) is 13.2 Å². The Morgan fingerprint density at radius 3 is 2.77 bits per heavy atom. The van der Waals surface area contributed by atoms with Crippen LogP contribution in [0.5, 0.6) is 0 Å². The Morgan fingerprint density at radius 1 is 1.36 bits per heavy atom. The molecular formula is C14H17F3N2OS2. The molecule has 1 fully saturated rings. The standard InChI is InChI=1S/C14H17F3N2OS2/c15-14(16,17)12-6-5-10(9-18-12)19-13(20)4-2-1-3-11-7-8-21-22-11/h5-6,9,11H,1-4,7-8H2,(H,19,20)/t11-/m0/s1. The van der Waals surface area contributed by atoms with Crippen molar-refractivity contribution >= 4 is 33.2 Å². The van der Waals surface area contributed by atoms with E-state index in [1.165, 1.54) is 18.2 Å². The summed E-state index contributed by atoms with van der Waals surface area (Å²) in [6.07, 6.45) is 1.10. The molecule has 1 aromatic rings. The molecule has 0 radical (unpaired) electrons. The number of rotatable bonds is 6. The molecule has 2 rings (SSSR count). The number of anilines is 1. The van der Waals surface area contributed by atoms with Crippen molar-refractivity contribution in [1.29, 1.82) is 0 Å². The van der Waals surface area contributed by atoms with E-state index in [9.17, 15) is 18.0 Å². The summed E-state index contributed by atoms with van der Waals surface area (Å²) in [6, 6.07) is 2.09. The van der Waals surface area contributed by atoms with Gasteiger partial charge in [0.25, 0.3) is 0 Å². The minimum absolute atomic E-state index is 0.185. The average Bonchev–Trinajstić information content (AvgIpc) is 2.96. The predicted molar refractivity (Wildman–Crippen MR) is 84.8 cm³/mol. The van der Waals surface area contributed by atoms with Crippen LogP contribution in [0.2, 0.25) is 0 Å². The molecule has 8 heteroatoms. The van der Waals surface area contributed by atoms with Gasteiger partial charge in [-0.1, -0.05) is 28.0 Å². The lowest BCUT2D eigenvalue weighted by Gasteiger charge is -2.09. The summed E-state index contributed by atoms with van der Waals surface area (Å²) in [4.78, 5) is 15.0. The average molecular weight is 350 g/mol. The number of carbonyl (C=O) groups excluding carboxylic acids is 1. The minimum Gasteiger partial charge on any atom is -0.325 e. The second kappa shape index (κ2) is 8.10. The molecule has 0 unspecified atom stereocenters. The Morgan fingerprint density at radius 2 is 2.18 bits per heavy atom. The van der Waals surface area contributed by atoms with Gasteiger partial charge in [-0.3, -0.25) is 4.79 Å². The van der Waals surface area contributed by atoms with Crippen molar-refractivity contribution in [2.24, 2.45) is 0 Å². The molecule has 0 saturated carbocycles. The Hall–Kier alpha value is -0.890. The maximum atomic E-state index is 12.4. The number of pyridine rings is 1. The van der Waals surface area contributed by atoms with Crippen LogP contribution in [0.4, 0.5) is 18.9 Å². The van der Waals surface area contributed by atoms with Gasteiger partial charge in [0.15, 0.2) is 0 Å². The number of alkyl halides is 3. The first-order chi connectivity index (χ1) is 10.4. The van der Waals surface area contributed by atoms with Crippen LogP contribution in [0.25, 0.3) is 0 Å². The van der Waals surface area contributed by atoms with Gasteiger partial charge in [0, 0.05) is 17.4 Å². The van der Waals surface area contributed by atoms with Gasteiger partial charge >= 0.3 is 6.18 Å². The molecule has 1 amide bonds. The van der Waals surface area contributed by atoms with Crippen LogP contribution < -0.4 is 5.32 Å². The molecule has 1 atom stereocenters. The molecule has 1 aliphatic rings. The highest BCUT2D eigenvalue weighted by Crippen LogP contribution is 2.39. The van der Waals surface area contributed by atoms with Gasteiger partial charge in [-0.15, -0.1) is 0 Å². The zero-order chi connectivity index (χ0) is 16.0. The summed E-state index contributed by atoms with van der Waals surface area (Å²) in [5.41, 5.74) is -0.668. The highest BCUT2D eigenvalue weighted by atomic mass is 33.1. The molecule has 1 N–H and O–H groups in total. The van der Waals surface area contributed by atoms with Crippen LogP contribution in [0.15, 0.2) is 18.3 Å². The highest BCUT2D eigenvalue weighted by Gasteiger charge is 2.32. The van der Waals surface area contributed by atoms with Gasteiger partial charge < -0.3 is 5.32 Å². The summed E-state index contributed by atoms with van der Waals surface area (Å²) >= 11 is 0. The first-order valence-corrected chi connectivity index (χ1v) is 9.45. The van der Waals surface area contributed by atoms with Gasteiger partial charge in [0.1, 0.15) is 5.69 Å². The minimum atomic E-state index is -4.46. The summed E-state index contributed by atoms with van der Waals surface area (Å²) < 4.78 is 37.1. The zero-order valence-corrected chi connectivity index (χ0v) is 13.5. The molecule has 122 valence electrons. The Bertz CT molecular complexity index is 488. The van der Waals surface area contributed by atoms with Crippen molar-refractivity contribution in [3.63, 3.8) is 0 Å². The van der Waals surface area contributed by atoms with Crippen molar-refractivity contribution in [2.75, 3.05) is 11.1 Å². The van der Waals surface area contributed by atoms with Crippen molar-refractivity contribution < 1.29 is 18.0 Å². The zero-order valence-electron chi connectivity index (χ0n) is 11.9. The number of halogens is 3. The van der Waals surface area contributed by atoms with Crippen LogP contribution in [0, 0.1) is 0 Å². The van der Waals surface area contributed by atoms with E-state index < -0.39 is 11.9 Å². The second-order valence-electron chi connectivity index (χ2n) is 5.05. The summed E-state index contributed by atoms with van der Waals surface area (Å²) in [6.45, 7) is 0. The predicted octanol–water partition coefficient (Wildman–Crippen LogP) is 4.75. The first-order valence-electron chi connectivity index (χ1n) is 7.06. The van der Waals surface area contributed by atoms with E-state index in [0.717, 1.165) is 31.5 Å². The SMILES string of the molecule is O=C(CCCC[C@H]1CCSS1)Nc1ccc(C(F)(F)F)nc1. The maximum absolute atomic E-state index is 12.4. The van der Waals surface area contributed by atoms with Crippen molar-refractivity contribution in [3.05, 3.63) is 24.0 Å². The molecule has 22 heavy (non-hydrogen) atoms. The van der Waals surface area contributed by atoms with Crippen molar-refractivity contribution in [1.82, 2.24) is 4.98 Å². The van der Waals surface area contributed by atoms with E-state index in [1.807, 2.05) is 21.6 Å². The lowest BCUT2D eigenvalue weighted by molar-refractivity contribution is -0.141. The van der Waals surface area contributed by atoms with Crippen LogP contribution >= 0.6 is 21.6 Å². The van der Waals surface area contributed by atoms with Gasteiger partial charge in [0.2, 0.25) is 5.91 Å². The number of nitrogens with one attached hydrogen (secondary N) is 1. The largest absolute Gasteiger partial charge is 0.433 e. The molecule has 0 aliphatic carbocycles. The van der Waals surface area contributed by atoms with E-state index in [-0.39, 0.29) is 5.91 Å². The molecule has 1 aromatic heterocycles. The monoisotopic (exact) mass is 350 g/mol. The molecule has 0 aromatic carbocycles. The van der Waals surface area contributed by atoms with E-state index >= 15 is 0 Å². The highest BCUT2D eigenvalue weighted by molar-refractivity contribution is 8.77. The van der Waals surface area contributed by atoms with Gasteiger partial charge in [-0.25, -0.2) is 4.98 Å². The number of unbranched alkanes of at least 4 members (excludes halogenated alkanes) is 1.